The molecule has 0 bridgehead atoms. The Labute approximate surface area is 219 Å². The van der Waals surface area contributed by atoms with Crippen LogP contribution in [-0.2, 0) is 29.0 Å². The molecule has 0 spiro atoms. The average Bonchev–Trinajstić information content (AvgIpc) is 3.05. The van der Waals surface area contributed by atoms with Gasteiger partial charge in [-0.25, -0.2) is 18.0 Å². The Morgan fingerprint density at radius 3 is 2.00 bits per heavy atom. The van der Waals surface area contributed by atoms with Crippen molar-refractivity contribution in [3.8, 4) is 0 Å². The second kappa shape index (κ2) is 9.21. The maximum absolute atomic E-state index is 13.7. The molecule has 0 aliphatic carbocycles. The molecule has 10 heteroatoms. The molecule has 2 atom stereocenters. The molecule has 2 aliphatic rings. The molecule has 194 valence electrons. The Kier molecular flexibility index (Phi) is 6.15. The van der Waals surface area contributed by atoms with Crippen LogP contribution in [0.3, 0.4) is 0 Å². The molecule has 3 heterocycles. The van der Waals surface area contributed by atoms with Crippen molar-refractivity contribution in [3.63, 3.8) is 0 Å². The van der Waals surface area contributed by atoms with Crippen molar-refractivity contribution in [2.45, 2.75) is 36.1 Å². The summed E-state index contributed by atoms with van der Waals surface area (Å²) in [6.45, 7) is 2.69. The van der Waals surface area contributed by atoms with Crippen molar-refractivity contribution in [2.24, 2.45) is 0 Å². The van der Waals surface area contributed by atoms with E-state index in [0.29, 0.717) is 11.1 Å². The molecule has 0 radical (unpaired) electrons. The summed E-state index contributed by atoms with van der Waals surface area (Å²) in [5.74, 6) is -3.25. The normalized spacial score (nSPS) is 22.4. The van der Waals surface area contributed by atoms with Crippen LogP contribution in [0.1, 0.15) is 36.8 Å². The minimum Gasteiger partial charge on any atom is -0.478 e. The van der Waals surface area contributed by atoms with E-state index in [0.717, 1.165) is 4.90 Å². The van der Waals surface area contributed by atoms with Gasteiger partial charge in [-0.05, 0) is 37.1 Å². The number of aromatic nitrogens is 1. The van der Waals surface area contributed by atoms with Crippen molar-refractivity contribution in [2.75, 3.05) is 0 Å². The lowest BCUT2D eigenvalue weighted by molar-refractivity contribution is -0.160. The highest BCUT2D eigenvalue weighted by Gasteiger charge is 2.71. The quantitative estimate of drug-likeness (QED) is 0.291. The first-order valence-electron chi connectivity index (χ1n) is 11.8. The first-order chi connectivity index (χ1) is 18.1. The van der Waals surface area contributed by atoms with Gasteiger partial charge < -0.3 is 14.7 Å². The summed E-state index contributed by atoms with van der Waals surface area (Å²) < 4.78 is 31.5. The summed E-state index contributed by atoms with van der Waals surface area (Å²) >= 11 is 0. The van der Waals surface area contributed by atoms with E-state index in [1.165, 1.54) is 32.2 Å². The molecular formula is C28H24N2O7S. The van der Waals surface area contributed by atoms with Gasteiger partial charge in [-0.3, -0.25) is 9.78 Å². The number of hydrogen-bond donors (Lipinski definition) is 1. The predicted molar refractivity (Wildman–Crippen MR) is 137 cm³/mol. The minimum absolute atomic E-state index is 0.0461. The molecule has 38 heavy (non-hydrogen) atoms. The Bertz CT molecular complexity index is 1510. The molecule has 2 saturated heterocycles. The standard InChI is InChI=1S/C28H24N2O7S/c1-28(2)23(27(34)37-22(17-11-5-3-6-12-17)18-13-7-4-8-14-18)30-24(31)21(25(30)38(28,35)36)20(26(32)33)19-15-9-10-16-29-19/h3-16,22-23,25H,1-2H3,(H,32,33)/b21-20+/t23-,25?/m0/s1. The summed E-state index contributed by atoms with van der Waals surface area (Å²) in [5, 5.41) is 8.28. The first kappa shape index (κ1) is 25.3. The number of ether oxygens (including phenoxy) is 1. The van der Waals surface area contributed by atoms with Crippen LogP contribution < -0.4 is 0 Å². The van der Waals surface area contributed by atoms with Crippen LogP contribution in [0.4, 0.5) is 0 Å². The van der Waals surface area contributed by atoms with Gasteiger partial charge in [0.25, 0.3) is 5.91 Å². The van der Waals surface area contributed by atoms with Gasteiger partial charge in [0.05, 0.1) is 16.8 Å². The van der Waals surface area contributed by atoms with Gasteiger partial charge in [-0.2, -0.15) is 0 Å². The second-order valence-electron chi connectivity index (χ2n) is 9.56. The van der Waals surface area contributed by atoms with Crippen LogP contribution in [-0.4, -0.2) is 57.4 Å². The predicted octanol–water partition coefficient (Wildman–Crippen LogP) is 3.00. The number of aliphatic carboxylic acids is 1. The average molecular weight is 533 g/mol. The molecule has 2 aromatic carbocycles. The maximum Gasteiger partial charge on any atom is 0.338 e. The Hall–Kier alpha value is -4.31. The van der Waals surface area contributed by atoms with Crippen LogP contribution in [0.5, 0.6) is 0 Å². The van der Waals surface area contributed by atoms with Crippen LogP contribution >= 0.6 is 0 Å². The summed E-state index contributed by atoms with van der Waals surface area (Å²) in [6.07, 6.45) is 0.497. The fourth-order valence-corrected chi connectivity index (χ4v) is 7.17. The molecular weight excluding hydrogens is 508 g/mol. The van der Waals surface area contributed by atoms with E-state index in [9.17, 15) is 27.9 Å². The van der Waals surface area contributed by atoms with Crippen LogP contribution in [0.25, 0.3) is 5.57 Å². The number of amides is 1. The van der Waals surface area contributed by atoms with E-state index in [4.69, 9.17) is 4.74 Å². The lowest BCUT2D eigenvalue weighted by Gasteiger charge is -2.39. The summed E-state index contributed by atoms with van der Waals surface area (Å²) in [5.41, 5.74) is 0.372. The van der Waals surface area contributed by atoms with E-state index < -0.39 is 61.1 Å². The van der Waals surface area contributed by atoms with Crippen LogP contribution in [0.2, 0.25) is 0 Å². The molecule has 1 N–H and O–H groups in total. The van der Waals surface area contributed by atoms with Crippen molar-refractivity contribution in [1.82, 2.24) is 9.88 Å². The number of esters is 1. The number of sulfone groups is 1. The fourth-order valence-electron chi connectivity index (χ4n) is 5.03. The van der Waals surface area contributed by atoms with E-state index in [1.54, 1.807) is 54.6 Å². The van der Waals surface area contributed by atoms with Gasteiger partial charge in [0, 0.05) is 6.20 Å². The van der Waals surface area contributed by atoms with Crippen molar-refractivity contribution < 1.29 is 32.6 Å². The van der Waals surface area contributed by atoms with Crippen molar-refractivity contribution in [3.05, 3.63) is 107 Å². The smallest absolute Gasteiger partial charge is 0.338 e. The zero-order valence-electron chi connectivity index (χ0n) is 20.5. The number of carbonyl (C=O) groups excluding carboxylic acids is 2. The minimum atomic E-state index is -4.24. The number of pyridine rings is 1. The number of fused-ring (bicyclic) bond motifs is 1. The van der Waals surface area contributed by atoms with Crippen molar-refractivity contribution >= 4 is 33.3 Å². The Balaban J connectivity index is 1.57. The zero-order valence-corrected chi connectivity index (χ0v) is 21.3. The highest BCUT2D eigenvalue weighted by Crippen LogP contribution is 2.51. The number of carbonyl (C=O) groups is 3. The Morgan fingerprint density at radius 1 is 0.947 bits per heavy atom. The molecule has 1 aromatic heterocycles. The molecule has 5 rings (SSSR count). The monoisotopic (exact) mass is 532 g/mol. The van der Waals surface area contributed by atoms with E-state index >= 15 is 0 Å². The largest absolute Gasteiger partial charge is 0.478 e. The summed E-state index contributed by atoms with van der Waals surface area (Å²) in [4.78, 5) is 44.2. The van der Waals surface area contributed by atoms with Gasteiger partial charge in [0.2, 0.25) is 0 Å². The van der Waals surface area contributed by atoms with Gasteiger partial charge in [-0.1, -0.05) is 66.7 Å². The number of β-lactam (4-membered cyclic amide) rings is 1. The number of nitrogens with zero attached hydrogens (tertiary/aromatic N) is 2. The summed E-state index contributed by atoms with van der Waals surface area (Å²) in [7, 11) is -4.24. The number of hydrogen-bond acceptors (Lipinski definition) is 7. The maximum atomic E-state index is 13.7. The second-order valence-corrected chi connectivity index (χ2v) is 12.2. The van der Waals surface area contributed by atoms with Crippen molar-refractivity contribution in [1.29, 1.82) is 0 Å². The lowest BCUT2D eigenvalue weighted by Crippen LogP contribution is -2.59. The summed E-state index contributed by atoms with van der Waals surface area (Å²) in [6, 6.07) is 20.9. The van der Waals surface area contributed by atoms with E-state index in [1.807, 2.05) is 12.1 Å². The molecule has 3 aromatic rings. The third-order valence-electron chi connectivity index (χ3n) is 6.99. The van der Waals surface area contributed by atoms with Crippen LogP contribution in [0, 0.1) is 0 Å². The molecule has 9 nitrogen and oxygen atoms in total. The number of rotatable bonds is 6. The SMILES string of the molecule is CC1(C)[C@H](C(=O)OC(c2ccccc2)c2ccccc2)N2C(=O)/C(=C(\C(=O)O)c3ccccn3)C2S1(=O)=O. The van der Waals surface area contributed by atoms with Gasteiger partial charge in [-0.15, -0.1) is 0 Å². The topological polar surface area (TPSA) is 131 Å². The van der Waals surface area contributed by atoms with Gasteiger partial charge in [0.1, 0.15) is 4.75 Å². The Morgan fingerprint density at radius 2 is 1.50 bits per heavy atom. The third kappa shape index (κ3) is 3.79. The number of carboxylic acid groups (broad SMARTS) is 1. The lowest BCUT2D eigenvalue weighted by atomic mass is 9.91. The van der Waals surface area contributed by atoms with E-state index in [2.05, 4.69) is 4.98 Å². The van der Waals surface area contributed by atoms with Gasteiger partial charge in [0.15, 0.2) is 27.4 Å². The molecule has 2 fully saturated rings. The highest BCUT2D eigenvalue weighted by molar-refractivity contribution is 7.94. The molecule has 0 saturated carbocycles. The number of benzene rings is 2. The third-order valence-corrected chi connectivity index (χ3v) is 9.74. The molecule has 2 aliphatic heterocycles. The highest BCUT2D eigenvalue weighted by atomic mass is 32.2. The van der Waals surface area contributed by atoms with Crippen LogP contribution in [0.15, 0.2) is 90.6 Å². The first-order valence-corrected chi connectivity index (χ1v) is 13.4. The van der Waals surface area contributed by atoms with Gasteiger partial charge >= 0.3 is 11.9 Å². The van der Waals surface area contributed by atoms with E-state index in [-0.39, 0.29) is 5.69 Å². The fraction of sp³-hybridized carbons (Fsp3) is 0.214. The zero-order chi connectivity index (χ0) is 27.2. The molecule has 1 unspecified atom stereocenters. The number of carboxylic acids is 1. The molecule has 1 amide bonds.